The lowest BCUT2D eigenvalue weighted by molar-refractivity contribution is -0.448. The highest BCUT2D eigenvalue weighted by atomic mass is 19.1. The molecule has 0 heterocycles. The Morgan fingerprint density at radius 1 is 0.852 bits per heavy atom. The molecule has 0 aliphatic carbocycles. The number of aliphatic hydroxyl groups is 4. The molecule has 0 bridgehead atoms. The second-order valence-electron chi connectivity index (χ2n) is 4.96. The minimum Gasteiger partial charge on any atom is -0.467 e. The van der Waals surface area contributed by atoms with Crippen LogP contribution in [0.1, 0.15) is 20.8 Å². The molecule has 0 aromatic heterocycles. The van der Waals surface area contributed by atoms with Crippen LogP contribution in [0.4, 0.5) is 4.39 Å². The van der Waals surface area contributed by atoms with E-state index < -0.39 is 53.4 Å². The highest BCUT2D eigenvalue weighted by molar-refractivity contribution is 5.84. The topological polar surface area (TPSA) is 203 Å². The van der Waals surface area contributed by atoms with E-state index in [1.807, 2.05) is 0 Å². The van der Waals surface area contributed by atoms with E-state index in [1.165, 1.54) is 0 Å². The van der Waals surface area contributed by atoms with Gasteiger partial charge in [-0.1, -0.05) is 0 Å². The number of rotatable bonds is 8. The van der Waals surface area contributed by atoms with Crippen molar-refractivity contribution >= 4 is 29.9 Å². The predicted molar refractivity (Wildman–Crippen MR) is 74.3 cm³/mol. The summed E-state index contributed by atoms with van der Waals surface area (Å²) in [5.74, 6) is -20.3. The molecule has 0 aromatic carbocycles. The Balaban J connectivity index is 6.96. The van der Waals surface area contributed by atoms with Crippen LogP contribution in [-0.2, 0) is 42.9 Å². The number of aliphatic hydroxyl groups excluding tert-OH is 1. The summed E-state index contributed by atoms with van der Waals surface area (Å²) in [5.41, 5.74) is 0. The van der Waals surface area contributed by atoms with Crippen molar-refractivity contribution in [2.24, 2.45) is 0 Å². The average molecular weight is 400 g/mol. The van der Waals surface area contributed by atoms with Gasteiger partial charge < -0.3 is 39.4 Å². The summed E-state index contributed by atoms with van der Waals surface area (Å²) in [6, 6.07) is -3.15. The van der Waals surface area contributed by atoms with Gasteiger partial charge in [-0.05, 0) is 0 Å². The third-order valence-electron chi connectivity index (χ3n) is 2.89. The smallest absolute Gasteiger partial charge is 0.380 e. The van der Waals surface area contributed by atoms with Crippen molar-refractivity contribution in [2.75, 3.05) is 7.11 Å². The minimum absolute atomic E-state index is 0.487. The van der Waals surface area contributed by atoms with E-state index in [4.69, 9.17) is 0 Å². The first-order valence-corrected chi connectivity index (χ1v) is 6.80. The van der Waals surface area contributed by atoms with Crippen LogP contribution in [-0.4, -0.2) is 80.9 Å². The number of carbonyl (C=O) groups excluding carboxylic acids is 5. The summed E-state index contributed by atoms with van der Waals surface area (Å²) in [6.07, 6.45) is -3.21. The van der Waals surface area contributed by atoms with Gasteiger partial charge in [0.25, 0.3) is 0 Å². The fourth-order valence-corrected chi connectivity index (χ4v) is 1.84. The molecule has 0 aliphatic heterocycles. The van der Waals surface area contributed by atoms with E-state index in [-0.39, 0.29) is 0 Å². The first-order valence-electron chi connectivity index (χ1n) is 6.80. The maximum absolute atomic E-state index is 13.5. The molecule has 27 heavy (non-hydrogen) atoms. The molecule has 0 unspecified atom stereocenters. The van der Waals surface area contributed by atoms with Gasteiger partial charge in [-0.3, -0.25) is 19.2 Å². The normalized spacial score (nSPS) is 18.6. The molecule has 0 spiro atoms. The van der Waals surface area contributed by atoms with Crippen LogP contribution in [0.2, 0.25) is 0 Å². The highest BCUT2D eigenvalue weighted by Crippen LogP contribution is 2.40. The molecule has 0 saturated heterocycles. The van der Waals surface area contributed by atoms with Gasteiger partial charge in [-0.2, -0.15) is 4.39 Å². The lowest BCUT2D eigenvalue weighted by Gasteiger charge is -2.46. The van der Waals surface area contributed by atoms with Crippen molar-refractivity contribution in [3.63, 3.8) is 0 Å². The molecule has 14 heteroatoms. The van der Waals surface area contributed by atoms with Gasteiger partial charge in [0.15, 0.2) is 0 Å². The molecule has 0 aromatic rings. The molecule has 0 fully saturated rings. The standard InChI is InChI=1S/C13H17FO13/c1-5(15)25-11(21,8(18)9(19)24-4)13(23,27-7(3)17)12(22,10(14)20)26-6(2)16/h8,18,21-23H,1-4H3/t8-,11-,12+,13+/m1/s1. The number of hydrogen-bond acceptors (Lipinski definition) is 13. The fourth-order valence-electron chi connectivity index (χ4n) is 1.84. The Bertz CT molecular complexity index is 648. The maximum atomic E-state index is 13.5. The Kier molecular flexibility index (Phi) is 7.51. The van der Waals surface area contributed by atoms with Crippen LogP contribution >= 0.6 is 0 Å². The first kappa shape index (κ1) is 24.3. The van der Waals surface area contributed by atoms with Crippen molar-refractivity contribution in [1.29, 1.82) is 0 Å². The zero-order valence-electron chi connectivity index (χ0n) is 14.4. The second kappa shape index (κ2) is 8.34. The number of hydrogen-bond donors (Lipinski definition) is 4. The van der Waals surface area contributed by atoms with Crippen LogP contribution in [0.25, 0.3) is 0 Å². The van der Waals surface area contributed by atoms with E-state index in [1.54, 1.807) is 0 Å². The largest absolute Gasteiger partial charge is 0.467 e. The first-order chi connectivity index (χ1) is 12.1. The summed E-state index contributed by atoms with van der Waals surface area (Å²) < 4.78 is 29.7. The van der Waals surface area contributed by atoms with Gasteiger partial charge in [-0.25, -0.2) is 4.79 Å². The molecule has 0 saturated carbocycles. The summed E-state index contributed by atoms with van der Waals surface area (Å²) in [4.78, 5) is 56.4. The molecule has 0 rings (SSSR count). The molecule has 4 N–H and O–H groups in total. The van der Waals surface area contributed by atoms with Crippen molar-refractivity contribution < 1.29 is 67.7 Å². The summed E-state index contributed by atoms with van der Waals surface area (Å²) in [5, 5.41) is 40.8. The Morgan fingerprint density at radius 3 is 1.56 bits per heavy atom. The van der Waals surface area contributed by atoms with Crippen molar-refractivity contribution in [3.8, 4) is 0 Å². The van der Waals surface area contributed by atoms with E-state index >= 15 is 0 Å². The molecule has 0 aliphatic rings. The maximum Gasteiger partial charge on any atom is 0.380 e. The van der Waals surface area contributed by atoms with E-state index in [9.17, 15) is 48.8 Å². The molecular formula is C13H17FO13. The fraction of sp³-hybridized carbons (Fsp3) is 0.615. The molecule has 154 valence electrons. The van der Waals surface area contributed by atoms with Crippen molar-refractivity contribution in [3.05, 3.63) is 0 Å². The quantitative estimate of drug-likeness (QED) is 0.137. The number of carbonyl (C=O) groups is 5. The van der Waals surface area contributed by atoms with Crippen LogP contribution < -0.4 is 0 Å². The average Bonchev–Trinajstić information content (AvgIpc) is 2.50. The number of halogens is 1. The predicted octanol–water partition coefficient (Wildman–Crippen LogP) is -3.23. The molecule has 0 amide bonds. The van der Waals surface area contributed by atoms with E-state index in [0.29, 0.717) is 27.9 Å². The zero-order valence-corrected chi connectivity index (χ0v) is 14.4. The summed E-state index contributed by atoms with van der Waals surface area (Å²) in [7, 11) is 0.642. The Labute approximate surface area is 150 Å². The zero-order chi connectivity index (χ0) is 21.8. The van der Waals surface area contributed by atoms with E-state index in [2.05, 4.69) is 18.9 Å². The third kappa shape index (κ3) is 4.54. The lowest BCUT2D eigenvalue weighted by Crippen LogP contribution is -2.78. The minimum atomic E-state index is -4.59. The summed E-state index contributed by atoms with van der Waals surface area (Å²) >= 11 is 0. The molecule has 4 atom stereocenters. The Hall–Kier alpha value is -2.68. The third-order valence-corrected chi connectivity index (χ3v) is 2.89. The molecular weight excluding hydrogens is 383 g/mol. The number of methoxy groups -OCH3 is 1. The van der Waals surface area contributed by atoms with Crippen molar-refractivity contribution in [2.45, 2.75) is 44.2 Å². The Morgan fingerprint density at radius 2 is 1.26 bits per heavy atom. The van der Waals surface area contributed by atoms with Gasteiger partial charge in [-0.15, -0.1) is 0 Å². The van der Waals surface area contributed by atoms with Crippen LogP contribution in [0, 0.1) is 0 Å². The van der Waals surface area contributed by atoms with Gasteiger partial charge in [0.1, 0.15) is 0 Å². The van der Waals surface area contributed by atoms with Gasteiger partial charge >= 0.3 is 47.3 Å². The van der Waals surface area contributed by atoms with Crippen LogP contribution in [0.5, 0.6) is 0 Å². The van der Waals surface area contributed by atoms with Gasteiger partial charge in [0, 0.05) is 20.8 Å². The van der Waals surface area contributed by atoms with Crippen LogP contribution in [0.15, 0.2) is 0 Å². The molecule has 0 radical (unpaired) electrons. The second-order valence-corrected chi connectivity index (χ2v) is 4.96. The number of ether oxygens (including phenoxy) is 4. The van der Waals surface area contributed by atoms with E-state index in [0.717, 1.165) is 0 Å². The monoisotopic (exact) mass is 400 g/mol. The van der Waals surface area contributed by atoms with Gasteiger partial charge in [0.2, 0.25) is 6.10 Å². The highest BCUT2D eigenvalue weighted by Gasteiger charge is 2.78. The molecule has 13 nitrogen and oxygen atoms in total. The number of esters is 4. The van der Waals surface area contributed by atoms with Gasteiger partial charge in [0.05, 0.1) is 7.11 Å². The van der Waals surface area contributed by atoms with Crippen LogP contribution in [0.3, 0.4) is 0 Å². The SMILES string of the molecule is COC(=O)[C@@H](O)[C@@](O)(OC(C)=O)[C@](O)(OC(C)=O)[C@@](O)(OC(C)=O)C(=O)F. The van der Waals surface area contributed by atoms with Crippen molar-refractivity contribution in [1.82, 2.24) is 0 Å². The lowest BCUT2D eigenvalue weighted by atomic mass is 9.90. The summed E-state index contributed by atoms with van der Waals surface area (Å²) in [6.45, 7) is 1.51.